The molecule has 0 heterocycles. The van der Waals surface area contributed by atoms with Gasteiger partial charge in [0.15, 0.2) is 0 Å². The Morgan fingerprint density at radius 1 is 0.909 bits per heavy atom. The van der Waals surface area contributed by atoms with Gasteiger partial charge in [-0.05, 0) is 117 Å². The molecule has 0 spiro atoms. The molecular formula is C36H49N3O4S. The smallest absolute Gasteiger partial charge is 0.244 e. The second-order valence-electron chi connectivity index (χ2n) is 14.5. The summed E-state index contributed by atoms with van der Waals surface area (Å²) in [4.78, 5) is 29.1. The molecule has 238 valence electrons. The third-order valence-corrected chi connectivity index (χ3v) is 12.3. The Kier molecular flexibility index (Phi) is 8.84. The van der Waals surface area contributed by atoms with E-state index in [2.05, 4.69) is 17.4 Å². The van der Waals surface area contributed by atoms with E-state index in [9.17, 15) is 18.0 Å². The minimum absolute atomic E-state index is 0.120. The van der Waals surface area contributed by atoms with Crippen molar-refractivity contribution < 1.29 is 18.0 Å². The molecule has 5 saturated carbocycles. The van der Waals surface area contributed by atoms with Crippen molar-refractivity contribution in [2.24, 2.45) is 17.8 Å². The van der Waals surface area contributed by atoms with Crippen LogP contribution >= 0.6 is 0 Å². The van der Waals surface area contributed by atoms with E-state index in [1.54, 1.807) is 11.8 Å². The van der Waals surface area contributed by atoms with E-state index >= 15 is 0 Å². The first-order valence-corrected chi connectivity index (χ1v) is 18.6. The highest BCUT2D eigenvalue weighted by Crippen LogP contribution is 2.60. The molecule has 0 radical (unpaired) electrons. The Morgan fingerprint density at radius 2 is 1.50 bits per heavy atom. The second-order valence-corrected chi connectivity index (χ2v) is 16.4. The summed E-state index contributed by atoms with van der Waals surface area (Å²) in [5.41, 5.74) is 3.97. The SMILES string of the molecule is Cc1ccccc1CN(C(=O)CN(c1ccc(C23CC4CC(CC(C4)C2)C3)cc1)S(C)(=O)=O)[C@@H](C)C(=O)NC1CCCCC1. The number of benzene rings is 2. The maximum Gasteiger partial charge on any atom is 0.244 e. The van der Waals surface area contributed by atoms with Crippen LogP contribution < -0.4 is 9.62 Å². The summed E-state index contributed by atoms with van der Waals surface area (Å²) in [5.74, 6) is 1.88. The van der Waals surface area contributed by atoms with Crippen LogP contribution in [0.1, 0.15) is 94.2 Å². The molecule has 2 aromatic rings. The van der Waals surface area contributed by atoms with E-state index < -0.39 is 22.0 Å². The first-order valence-electron chi connectivity index (χ1n) is 16.7. The van der Waals surface area contributed by atoms with Crippen molar-refractivity contribution in [3.63, 3.8) is 0 Å². The van der Waals surface area contributed by atoms with Gasteiger partial charge in [0.25, 0.3) is 0 Å². The van der Waals surface area contributed by atoms with Crippen LogP contribution in [0.2, 0.25) is 0 Å². The Morgan fingerprint density at radius 3 is 2.07 bits per heavy atom. The highest BCUT2D eigenvalue weighted by molar-refractivity contribution is 7.92. The molecule has 5 aliphatic carbocycles. The van der Waals surface area contributed by atoms with Gasteiger partial charge in [0.05, 0.1) is 11.9 Å². The number of hydrogen-bond donors (Lipinski definition) is 1. The molecule has 0 saturated heterocycles. The van der Waals surface area contributed by atoms with E-state index in [1.807, 2.05) is 43.3 Å². The van der Waals surface area contributed by atoms with Crippen molar-refractivity contribution in [1.29, 1.82) is 0 Å². The zero-order valence-corrected chi connectivity index (χ0v) is 27.5. The van der Waals surface area contributed by atoms with Crippen molar-refractivity contribution >= 4 is 27.5 Å². The van der Waals surface area contributed by atoms with Crippen LogP contribution in [0.4, 0.5) is 5.69 Å². The average molecular weight is 620 g/mol. The number of hydrogen-bond acceptors (Lipinski definition) is 4. The minimum Gasteiger partial charge on any atom is -0.352 e. The van der Waals surface area contributed by atoms with Crippen molar-refractivity contribution in [3.8, 4) is 0 Å². The lowest BCUT2D eigenvalue weighted by molar-refractivity contribution is -0.139. The van der Waals surface area contributed by atoms with Crippen LogP contribution in [-0.4, -0.2) is 50.0 Å². The Bertz CT molecular complexity index is 1430. The van der Waals surface area contributed by atoms with Gasteiger partial charge < -0.3 is 10.2 Å². The summed E-state index contributed by atoms with van der Waals surface area (Å²) >= 11 is 0. The first kappa shape index (κ1) is 31.1. The summed E-state index contributed by atoms with van der Waals surface area (Å²) in [5, 5.41) is 3.17. The van der Waals surface area contributed by atoms with Gasteiger partial charge in [-0.3, -0.25) is 13.9 Å². The monoisotopic (exact) mass is 619 g/mol. The highest BCUT2D eigenvalue weighted by Gasteiger charge is 2.51. The number of carbonyl (C=O) groups is 2. The Balaban J connectivity index is 1.23. The summed E-state index contributed by atoms with van der Waals surface area (Å²) in [7, 11) is -3.77. The van der Waals surface area contributed by atoms with Crippen molar-refractivity contribution in [1.82, 2.24) is 10.2 Å². The van der Waals surface area contributed by atoms with Crippen LogP contribution in [0.3, 0.4) is 0 Å². The lowest BCUT2D eigenvalue weighted by Gasteiger charge is -2.57. The molecule has 4 bridgehead atoms. The van der Waals surface area contributed by atoms with Gasteiger partial charge in [0.1, 0.15) is 12.6 Å². The number of amides is 2. The van der Waals surface area contributed by atoms with Crippen LogP contribution in [0, 0.1) is 24.7 Å². The van der Waals surface area contributed by atoms with Gasteiger partial charge in [0, 0.05) is 12.6 Å². The van der Waals surface area contributed by atoms with Gasteiger partial charge >= 0.3 is 0 Å². The average Bonchev–Trinajstić information content (AvgIpc) is 2.98. The topological polar surface area (TPSA) is 86.8 Å². The largest absolute Gasteiger partial charge is 0.352 e. The number of rotatable bonds is 10. The molecule has 5 aliphatic rings. The van der Waals surface area contributed by atoms with E-state index in [-0.39, 0.29) is 30.5 Å². The maximum atomic E-state index is 14.1. The van der Waals surface area contributed by atoms with Crippen molar-refractivity contribution in [2.45, 2.75) is 109 Å². The molecule has 1 N–H and O–H groups in total. The fourth-order valence-electron chi connectivity index (χ4n) is 9.18. The van der Waals surface area contributed by atoms with Gasteiger partial charge in [-0.25, -0.2) is 8.42 Å². The molecule has 2 amide bonds. The van der Waals surface area contributed by atoms with E-state index in [0.717, 1.165) is 60.8 Å². The van der Waals surface area contributed by atoms with Crippen molar-refractivity contribution in [3.05, 3.63) is 65.2 Å². The third kappa shape index (κ3) is 6.56. The van der Waals surface area contributed by atoms with Crippen LogP contribution in [0.25, 0.3) is 0 Å². The lowest BCUT2D eigenvalue weighted by atomic mass is 9.48. The molecule has 7 rings (SSSR count). The zero-order valence-electron chi connectivity index (χ0n) is 26.6. The van der Waals surface area contributed by atoms with E-state index in [0.29, 0.717) is 5.69 Å². The second kappa shape index (κ2) is 12.5. The van der Waals surface area contributed by atoms with Crippen molar-refractivity contribution in [2.75, 3.05) is 17.1 Å². The Labute approximate surface area is 263 Å². The summed E-state index contributed by atoms with van der Waals surface area (Å²) < 4.78 is 27.5. The summed E-state index contributed by atoms with van der Waals surface area (Å²) in [6, 6.07) is 15.2. The number of anilines is 1. The van der Waals surface area contributed by atoms with Gasteiger partial charge in [0.2, 0.25) is 21.8 Å². The molecule has 7 nitrogen and oxygen atoms in total. The number of carbonyl (C=O) groups excluding carboxylic acids is 2. The molecule has 0 aliphatic heterocycles. The standard InChI is InChI=1S/C36H49N3O4S/c1-25-9-7-8-10-30(25)23-38(26(2)35(41)37-32-11-5-4-6-12-32)34(40)24-39(44(3,42)43)33-15-13-31(14-16-33)36-20-27-17-28(21-36)19-29(18-27)22-36/h7-10,13-16,26-29,32H,4-6,11-12,17-24H2,1-3H3,(H,37,41)/t26-,27?,28?,29?,36?/m0/s1. The minimum atomic E-state index is -3.77. The number of nitrogens with zero attached hydrogens (tertiary/aromatic N) is 2. The highest BCUT2D eigenvalue weighted by atomic mass is 32.2. The lowest BCUT2D eigenvalue weighted by Crippen LogP contribution is -2.53. The van der Waals surface area contributed by atoms with Gasteiger partial charge in [-0.1, -0.05) is 55.7 Å². The molecule has 2 aromatic carbocycles. The summed E-state index contributed by atoms with van der Waals surface area (Å²) in [6.07, 6.45) is 14.3. The maximum absolute atomic E-state index is 14.1. The number of sulfonamides is 1. The number of aryl methyl sites for hydroxylation is 1. The van der Waals surface area contributed by atoms with Gasteiger partial charge in [-0.15, -0.1) is 0 Å². The van der Waals surface area contributed by atoms with Crippen LogP contribution in [0.5, 0.6) is 0 Å². The zero-order chi connectivity index (χ0) is 31.1. The molecule has 0 aromatic heterocycles. The van der Waals surface area contributed by atoms with Crippen LogP contribution in [-0.2, 0) is 31.6 Å². The molecule has 8 heteroatoms. The molecule has 5 fully saturated rings. The molecule has 44 heavy (non-hydrogen) atoms. The normalized spacial score (nSPS) is 27.1. The summed E-state index contributed by atoms with van der Waals surface area (Å²) in [6.45, 7) is 3.61. The van der Waals surface area contributed by atoms with Gasteiger partial charge in [-0.2, -0.15) is 0 Å². The molecular weight excluding hydrogens is 570 g/mol. The van der Waals surface area contributed by atoms with E-state index in [1.165, 1.54) is 54.8 Å². The third-order valence-electron chi connectivity index (χ3n) is 11.2. The van der Waals surface area contributed by atoms with Crippen LogP contribution in [0.15, 0.2) is 48.5 Å². The van der Waals surface area contributed by atoms with E-state index in [4.69, 9.17) is 0 Å². The quantitative estimate of drug-likeness (QED) is 0.349. The predicted molar refractivity (Wildman–Crippen MR) is 175 cm³/mol. The molecule has 1 atom stereocenters. The fraction of sp³-hybridized carbons (Fsp3) is 0.611. The number of nitrogens with one attached hydrogen (secondary N) is 1. The fourth-order valence-corrected chi connectivity index (χ4v) is 10.0. The molecule has 0 unspecified atom stereocenters. The predicted octanol–water partition coefficient (Wildman–Crippen LogP) is 6.10. The Hall–Kier alpha value is -2.87. The first-order chi connectivity index (χ1) is 21.0.